The second-order valence-corrected chi connectivity index (χ2v) is 7.10. The molecule has 0 amide bonds. The van der Waals surface area contributed by atoms with Gasteiger partial charge in [-0.25, -0.2) is 4.99 Å². The molecule has 0 saturated heterocycles. The molecule has 1 aromatic rings. The molecule has 0 aromatic heterocycles. The quantitative estimate of drug-likeness (QED) is 0.397. The highest BCUT2D eigenvalue weighted by Crippen LogP contribution is 2.24. The zero-order valence-corrected chi connectivity index (χ0v) is 17.3. The first-order valence-electron chi connectivity index (χ1n) is 8.71. The molecular weight excluding hydrogens is 425 g/mol. The lowest BCUT2D eigenvalue weighted by Crippen LogP contribution is -2.37. The molecule has 0 aliphatic carbocycles. The molecule has 0 spiro atoms. The second kappa shape index (κ2) is 9.75. The SMILES string of the molecule is CC/C=C(C)/C1=C(C)\N=C(\NCCCI)NCc2ccccc2C1=O. The van der Waals surface area contributed by atoms with E-state index < -0.39 is 0 Å². The number of benzene rings is 1. The summed E-state index contributed by atoms with van der Waals surface area (Å²) in [7, 11) is 0. The van der Waals surface area contributed by atoms with E-state index in [4.69, 9.17) is 4.99 Å². The van der Waals surface area contributed by atoms with E-state index >= 15 is 0 Å². The number of halogens is 1. The van der Waals surface area contributed by atoms with Crippen LogP contribution in [0.3, 0.4) is 0 Å². The highest BCUT2D eigenvalue weighted by atomic mass is 127. The molecule has 1 aromatic carbocycles. The molecule has 1 heterocycles. The molecule has 1 aliphatic rings. The molecule has 25 heavy (non-hydrogen) atoms. The van der Waals surface area contributed by atoms with E-state index in [1.807, 2.05) is 38.1 Å². The number of alkyl halides is 1. The van der Waals surface area contributed by atoms with Crippen molar-refractivity contribution in [1.82, 2.24) is 10.6 Å². The Morgan fingerprint density at radius 1 is 1.40 bits per heavy atom. The number of guanidine groups is 1. The Morgan fingerprint density at radius 3 is 2.88 bits per heavy atom. The van der Waals surface area contributed by atoms with Crippen LogP contribution in [-0.4, -0.2) is 22.7 Å². The average molecular weight is 451 g/mol. The van der Waals surface area contributed by atoms with Crippen LogP contribution in [0, 0.1) is 0 Å². The van der Waals surface area contributed by atoms with Crippen LogP contribution < -0.4 is 10.6 Å². The number of aliphatic imine (C=N–C) groups is 1. The molecule has 1 aliphatic heterocycles. The molecule has 0 radical (unpaired) electrons. The topological polar surface area (TPSA) is 53.5 Å². The standard InChI is InChI=1S/C20H26IN3O/c1-4-8-14(2)18-15(3)24-20(22-12-7-11-21)23-13-16-9-5-6-10-17(16)19(18)25/h5-6,8-10H,4,7,11-13H2,1-3H3,(H2,22,23,24)/b14-8+,18-15+. The van der Waals surface area contributed by atoms with Gasteiger partial charge in [-0.15, -0.1) is 0 Å². The Balaban J connectivity index is 2.52. The molecular formula is C20H26IN3O. The van der Waals surface area contributed by atoms with Gasteiger partial charge in [0.15, 0.2) is 11.7 Å². The van der Waals surface area contributed by atoms with Gasteiger partial charge < -0.3 is 10.6 Å². The lowest BCUT2D eigenvalue weighted by atomic mass is 9.92. The van der Waals surface area contributed by atoms with Crippen LogP contribution in [0.1, 0.15) is 49.5 Å². The monoisotopic (exact) mass is 451 g/mol. The summed E-state index contributed by atoms with van der Waals surface area (Å²) < 4.78 is 1.10. The Labute approximate surface area is 164 Å². The van der Waals surface area contributed by atoms with Crippen LogP contribution in [0.15, 0.2) is 52.2 Å². The summed E-state index contributed by atoms with van der Waals surface area (Å²) in [5.74, 6) is 0.781. The largest absolute Gasteiger partial charge is 0.356 e. The number of fused-ring (bicyclic) bond motifs is 1. The third-order valence-corrected chi connectivity index (χ3v) is 4.85. The van der Waals surface area contributed by atoms with Crippen LogP contribution in [-0.2, 0) is 6.54 Å². The minimum absolute atomic E-state index is 0.0503. The summed E-state index contributed by atoms with van der Waals surface area (Å²) in [4.78, 5) is 17.9. The highest BCUT2D eigenvalue weighted by molar-refractivity contribution is 14.1. The third kappa shape index (κ3) is 5.17. The van der Waals surface area contributed by atoms with Crippen LogP contribution in [0.25, 0.3) is 0 Å². The van der Waals surface area contributed by atoms with E-state index in [1.54, 1.807) is 0 Å². The first kappa shape index (κ1) is 19.7. The van der Waals surface area contributed by atoms with Crippen molar-refractivity contribution in [2.45, 2.75) is 40.2 Å². The molecule has 5 heteroatoms. The van der Waals surface area contributed by atoms with Gasteiger partial charge in [0.05, 0.1) is 5.70 Å². The van der Waals surface area contributed by atoms with Crippen molar-refractivity contribution in [2.24, 2.45) is 4.99 Å². The van der Waals surface area contributed by atoms with Crippen LogP contribution in [0.2, 0.25) is 0 Å². The van der Waals surface area contributed by atoms with E-state index in [1.165, 1.54) is 0 Å². The highest BCUT2D eigenvalue weighted by Gasteiger charge is 2.21. The van der Waals surface area contributed by atoms with Crippen molar-refractivity contribution in [2.75, 3.05) is 11.0 Å². The Kier molecular flexibility index (Phi) is 7.68. The number of ketones is 1. The molecule has 4 nitrogen and oxygen atoms in total. The van der Waals surface area contributed by atoms with Crippen molar-refractivity contribution in [3.05, 3.63) is 58.3 Å². The molecule has 0 fully saturated rings. The Morgan fingerprint density at radius 2 is 2.16 bits per heavy atom. The average Bonchev–Trinajstić information content (AvgIpc) is 2.64. The minimum atomic E-state index is 0.0503. The Hall–Kier alpha value is -1.63. The number of hydrogen-bond acceptors (Lipinski definition) is 4. The van der Waals surface area contributed by atoms with Gasteiger partial charge in [0.25, 0.3) is 0 Å². The molecule has 0 atom stereocenters. The van der Waals surface area contributed by atoms with Crippen molar-refractivity contribution >= 4 is 34.3 Å². The van der Waals surface area contributed by atoms with E-state index in [2.05, 4.69) is 46.2 Å². The lowest BCUT2D eigenvalue weighted by molar-refractivity contribution is 0.103. The van der Waals surface area contributed by atoms with Crippen LogP contribution in [0.5, 0.6) is 0 Å². The normalized spacial score (nSPS) is 20.6. The van der Waals surface area contributed by atoms with E-state index in [0.29, 0.717) is 12.1 Å². The molecule has 0 saturated carbocycles. The van der Waals surface area contributed by atoms with Crippen LogP contribution in [0.4, 0.5) is 0 Å². The number of nitrogens with one attached hydrogen (secondary N) is 2. The number of rotatable bonds is 5. The van der Waals surface area contributed by atoms with E-state index in [0.717, 1.165) is 52.2 Å². The van der Waals surface area contributed by atoms with E-state index in [9.17, 15) is 4.79 Å². The molecule has 2 N–H and O–H groups in total. The Bertz CT molecular complexity index is 719. The maximum Gasteiger partial charge on any atom is 0.196 e. The van der Waals surface area contributed by atoms with Gasteiger partial charge in [0, 0.05) is 28.7 Å². The summed E-state index contributed by atoms with van der Waals surface area (Å²) in [6, 6.07) is 7.79. The number of carbonyl (C=O) groups is 1. The number of nitrogens with zero attached hydrogens (tertiary/aromatic N) is 1. The minimum Gasteiger partial charge on any atom is -0.356 e. The number of Topliss-reactive ketones (excluding diaryl/α,β-unsaturated/α-hetero) is 1. The summed E-state index contributed by atoms with van der Waals surface area (Å²) in [6.07, 6.45) is 4.05. The fraction of sp³-hybridized carbons (Fsp3) is 0.400. The zero-order chi connectivity index (χ0) is 18.2. The van der Waals surface area contributed by atoms with Gasteiger partial charge in [-0.3, -0.25) is 4.79 Å². The second-order valence-electron chi connectivity index (χ2n) is 6.03. The zero-order valence-electron chi connectivity index (χ0n) is 15.2. The first-order valence-corrected chi connectivity index (χ1v) is 10.2. The summed E-state index contributed by atoms with van der Waals surface area (Å²) in [5, 5.41) is 6.70. The fourth-order valence-corrected chi connectivity index (χ4v) is 3.27. The number of hydrogen-bond donors (Lipinski definition) is 2. The fourth-order valence-electron chi connectivity index (χ4n) is 2.89. The third-order valence-electron chi connectivity index (χ3n) is 4.08. The smallest absolute Gasteiger partial charge is 0.196 e. The van der Waals surface area contributed by atoms with Gasteiger partial charge in [0.2, 0.25) is 0 Å². The molecule has 134 valence electrons. The van der Waals surface area contributed by atoms with Gasteiger partial charge in [-0.2, -0.15) is 0 Å². The summed E-state index contributed by atoms with van der Waals surface area (Å²) >= 11 is 2.37. The van der Waals surface area contributed by atoms with Gasteiger partial charge in [-0.05, 0) is 37.8 Å². The maximum atomic E-state index is 13.2. The predicted octanol–water partition coefficient (Wildman–Crippen LogP) is 4.37. The maximum absolute atomic E-state index is 13.2. The van der Waals surface area contributed by atoms with Crippen molar-refractivity contribution < 1.29 is 4.79 Å². The summed E-state index contributed by atoms with van der Waals surface area (Å²) in [5.41, 5.74) is 4.17. The van der Waals surface area contributed by atoms with Gasteiger partial charge >= 0.3 is 0 Å². The van der Waals surface area contributed by atoms with Gasteiger partial charge in [0.1, 0.15) is 0 Å². The predicted molar refractivity (Wildman–Crippen MR) is 113 cm³/mol. The lowest BCUT2D eigenvalue weighted by Gasteiger charge is -2.12. The first-order chi connectivity index (χ1) is 12.1. The molecule has 0 unspecified atom stereocenters. The van der Waals surface area contributed by atoms with Gasteiger partial charge in [-0.1, -0.05) is 59.9 Å². The molecule has 0 bridgehead atoms. The van der Waals surface area contributed by atoms with Crippen molar-refractivity contribution in [1.29, 1.82) is 0 Å². The van der Waals surface area contributed by atoms with Crippen molar-refractivity contribution in [3.63, 3.8) is 0 Å². The van der Waals surface area contributed by atoms with Crippen molar-refractivity contribution in [3.8, 4) is 0 Å². The van der Waals surface area contributed by atoms with E-state index in [-0.39, 0.29) is 5.78 Å². The number of carbonyl (C=O) groups excluding carboxylic acids is 1. The van der Waals surface area contributed by atoms with Crippen LogP contribution >= 0.6 is 22.6 Å². The molecule has 2 rings (SSSR count). The summed E-state index contributed by atoms with van der Waals surface area (Å²) in [6.45, 7) is 7.42. The number of allylic oxidation sites excluding steroid dienone is 4.